The lowest BCUT2D eigenvalue weighted by molar-refractivity contribution is 0.250. The van der Waals surface area contributed by atoms with Gasteiger partial charge in [0.25, 0.3) is 0 Å². The van der Waals surface area contributed by atoms with Crippen molar-refractivity contribution in [2.75, 3.05) is 12.0 Å². The Hall–Kier alpha value is -0.0900. The Kier molecular flexibility index (Phi) is 2.54. The molecule has 0 heterocycles. The summed E-state index contributed by atoms with van der Waals surface area (Å²) in [6, 6.07) is 0.261. The Morgan fingerprint density at radius 3 is 2.36 bits per heavy atom. The van der Waals surface area contributed by atoms with E-state index in [4.69, 9.17) is 5.73 Å². The van der Waals surface area contributed by atoms with E-state index in [0.29, 0.717) is 11.7 Å². The minimum Gasteiger partial charge on any atom is -0.327 e. The molecule has 0 spiro atoms. The summed E-state index contributed by atoms with van der Waals surface area (Å²) in [5.41, 5.74) is 5.66. The second kappa shape index (κ2) is 3.11. The molecule has 0 amide bonds. The molecule has 0 aliphatic heterocycles. The molecule has 1 aliphatic carbocycles. The van der Waals surface area contributed by atoms with E-state index in [1.165, 1.54) is 6.26 Å². The predicted molar refractivity (Wildman–Crippen MR) is 45.0 cm³/mol. The van der Waals surface area contributed by atoms with E-state index in [9.17, 15) is 8.42 Å². The smallest absolute Gasteiger partial charge is 0.147 e. The molecule has 0 aromatic rings. The maximum atomic E-state index is 10.7. The minimum atomic E-state index is -2.77. The van der Waals surface area contributed by atoms with Crippen LogP contribution in [0, 0.1) is 5.92 Å². The molecular formula is C7H15NO2S. The molecule has 1 rings (SSSR count). The molecule has 11 heavy (non-hydrogen) atoms. The molecule has 1 aliphatic rings. The summed E-state index contributed by atoms with van der Waals surface area (Å²) in [4.78, 5) is 0. The molecule has 1 fully saturated rings. The van der Waals surface area contributed by atoms with E-state index in [-0.39, 0.29) is 6.04 Å². The van der Waals surface area contributed by atoms with E-state index >= 15 is 0 Å². The third-order valence-electron chi connectivity index (χ3n) is 2.34. The van der Waals surface area contributed by atoms with Crippen molar-refractivity contribution in [2.24, 2.45) is 11.7 Å². The summed E-state index contributed by atoms with van der Waals surface area (Å²) < 4.78 is 21.5. The van der Waals surface area contributed by atoms with Crippen molar-refractivity contribution in [3.05, 3.63) is 0 Å². The SMILES string of the molecule is CS(=O)(=O)CCC1CCC1N. The third-order valence-corrected chi connectivity index (χ3v) is 3.31. The first-order valence-electron chi connectivity index (χ1n) is 3.92. The van der Waals surface area contributed by atoms with Gasteiger partial charge < -0.3 is 5.73 Å². The molecule has 2 atom stereocenters. The van der Waals surface area contributed by atoms with E-state index in [0.717, 1.165) is 19.3 Å². The van der Waals surface area contributed by atoms with E-state index in [2.05, 4.69) is 0 Å². The molecule has 4 heteroatoms. The van der Waals surface area contributed by atoms with Gasteiger partial charge in [0.2, 0.25) is 0 Å². The highest BCUT2D eigenvalue weighted by Crippen LogP contribution is 2.28. The van der Waals surface area contributed by atoms with Gasteiger partial charge in [-0.1, -0.05) is 0 Å². The summed E-state index contributed by atoms with van der Waals surface area (Å²) in [5, 5.41) is 0. The molecule has 2 unspecified atom stereocenters. The van der Waals surface area contributed by atoms with Crippen LogP contribution < -0.4 is 5.73 Å². The highest BCUT2D eigenvalue weighted by Gasteiger charge is 2.27. The molecule has 0 aromatic carbocycles. The van der Waals surface area contributed by atoms with Gasteiger partial charge in [-0.05, 0) is 25.2 Å². The quantitative estimate of drug-likeness (QED) is 0.668. The lowest BCUT2D eigenvalue weighted by atomic mass is 9.79. The number of nitrogens with two attached hydrogens (primary N) is 1. The van der Waals surface area contributed by atoms with Crippen LogP contribution in [0.3, 0.4) is 0 Å². The first-order chi connectivity index (χ1) is 4.99. The molecule has 0 bridgehead atoms. The standard InChI is InChI=1S/C7H15NO2S/c1-11(9,10)5-4-6-2-3-7(6)8/h6-7H,2-5,8H2,1H3. The maximum absolute atomic E-state index is 10.7. The predicted octanol–water partition coefficient (Wildman–Crippen LogP) is 0.158. The lowest BCUT2D eigenvalue weighted by Crippen LogP contribution is -2.40. The second-order valence-corrected chi connectivity index (χ2v) is 5.68. The van der Waals surface area contributed by atoms with E-state index in [1.54, 1.807) is 0 Å². The van der Waals surface area contributed by atoms with Gasteiger partial charge in [-0.2, -0.15) is 0 Å². The maximum Gasteiger partial charge on any atom is 0.147 e. The van der Waals surface area contributed by atoms with Crippen LogP contribution >= 0.6 is 0 Å². The fourth-order valence-corrected chi connectivity index (χ4v) is 2.05. The van der Waals surface area contributed by atoms with E-state index in [1.807, 2.05) is 0 Å². The number of hydrogen-bond donors (Lipinski definition) is 1. The zero-order valence-corrected chi connectivity index (χ0v) is 7.60. The summed E-state index contributed by atoms with van der Waals surface area (Å²) in [6.45, 7) is 0. The van der Waals surface area contributed by atoms with Crippen LogP contribution in [0.15, 0.2) is 0 Å². The topological polar surface area (TPSA) is 60.2 Å². The average Bonchev–Trinajstić information content (AvgIpc) is 1.82. The van der Waals surface area contributed by atoms with Crippen molar-refractivity contribution in [1.82, 2.24) is 0 Å². The minimum absolute atomic E-state index is 0.261. The van der Waals surface area contributed by atoms with Crippen LogP contribution in [0.5, 0.6) is 0 Å². The fraction of sp³-hybridized carbons (Fsp3) is 1.00. The number of hydrogen-bond acceptors (Lipinski definition) is 3. The van der Waals surface area contributed by atoms with Crippen molar-refractivity contribution in [2.45, 2.75) is 25.3 Å². The van der Waals surface area contributed by atoms with Crippen molar-refractivity contribution in [3.8, 4) is 0 Å². The molecule has 66 valence electrons. The van der Waals surface area contributed by atoms with Crippen LogP contribution in [0.4, 0.5) is 0 Å². The molecule has 0 radical (unpaired) electrons. The van der Waals surface area contributed by atoms with Crippen LogP contribution in [0.2, 0.25) is 0 Å². The lowest BCUT2D eigenvalue weighted by Gasteiger charge is -2.33. The van der Waals surface area contributed by atoms with Gasteiger partial charge in [-0.25, -0.2) is 8.42 Å². The van der Waals surface area contributed by atoms with Crippen molar-refractivity contribution >= 4 is 9.84 Å². The Morgan fingerprint density at radius 2 is 2.09 bits per heavy atom. The number of sulfone groups is 1. The molecule has 3 nitrogen and oxygen atoms in total. The highest BCUT2D eigenvalue weighted by molar-refractivity contribution is 7.90. The van der Waals surface area contributed by atoms with Crippen molar-refractivity contribution in [3.63, 3.8) is 0 Å². The van der Waals surface area contributed by atoms with Gasteiger partial charge >= 0.3 is 0 Å². The van der Waals surface area contributed by atoms with Crippen LogP contribution in [0.1, 0.15) is 19.3 Å². The largest absolute Gasteiger partial charge is 0.327 e. The van der Waals surface area contributed by atoms with E-state index < -0.39 is 9.84 Å². The first kappa shape index (κ1) is 9.00. The summed E-state index contributed by atoms with van der Waals surface area (Å²) in [6.07, 6.45) is 4.20. The first-order valence-corrected chi connectivity index (χ1v) is 5.98. The van der Waals surface area contributed by atoms with Crippen LogP contribution in [0.25, 0.3) is 0 Å². The highest BCUT2D eigenvalue weighted by atomic mass is 32.2. The molecule has 0 aromatic heterocycles. The van der Waals surface area contributed by atoms with Crippen LogP contribution in [-0.4, -0.2) is 26.5 Å². The van der Waals surface area contributed by atoms with Gasteiger partial charge in [0.1, 0.15) is 9.84 Å². The Morgan fingerprint density at radius 1 is 1.45 bits per heavy atom. The summed E-state index contributed by atoms with van der Waals surface area (Å²) >= 11 is 0. The Bertz CT molecular complexity index is 223. The second-order valence-electron chi connectivity index (χ2n) is 3.42. The van der Waals surface area contributed by atoms with Gasteiger partial charge in [-0.3, -0.25) is 0 Å². The van der Waals surface area contributed by atoms with Gasteiger partial charge in [0.15, 0.2) is 0 Å². The summed E-state index contributed by atoms with van der Waals surface area (Å²) in [7, 11) is -2.77. The molecule has 1 saturated carbocycles. The van der Waals surface area contributed by atoms with Crippen molar-refractivity contribution in [1.29, 1.82) is 0 Å². The zero-order chi connectivity index (χ0) is 8.48. The molecular weight excluding hydrogens is 162 g/mol. The molecule has 2 N–H and O–H groups in total. The Labute approximate surface area is 67.9 Å². The third kappa shape index (κ3) is 2.79. The van der Waals surface area contributed by atoms with Gasteiger partial charge in [0.05, 0.1) is 5.75 Å². The zero-order valence-electron chi connectivity index (χ0n) is 6.79. The number of rotatable bonds is 3. The monoisotopic (exact) mass is 177 g/mol. The van der Waals surface area contributed by atoms with Crippen LogP contribution in [-0.2, 0) is 9.84 Å². The molecule has 0 saturated heterocycles. The normalized spacial score (nSPS) is 31.5. The van der Waals surface area contributed by atoms with Gasteiger partial charge in [0, 0.05) is 12.3 Å². The van der Waals surface area contributed by atoms with Crippen molar-refractivity contribution < 1.29 is 8.42 Å². The average molecular weight is 177 g/mol. The Balaban J connectivity index is 2.23. The van der Waals surface area contributed by atoms with Gasteiger partial charge in [-0.15, -0.1) is 0 Å². The fourth-order valence-electron chi connectivity index (χ4n) is 1.32. The summed E-state index contributed by atoms with van der Waals surface area (Å²) in [5.74, 6) is 0.760.